The van der Waals surface area contributed by atoms with E-state index in [0.717, 1.165) is 0 Å². The third-order valence-corrected chi connectivity index (χ3v) is 2.79. The van der Waals surface area contributed by atoms with E-state index in [1.54, 1.807) is 30.3 Å². The maximum Gasteiger partial charge on any atom is 0.302 e. The maximum absolute atomic E-state index is 12.0. The van der Waals surface area contributed by atoms with Gasteiger partial charge in [0.1, 0.15) is 12.7 Å². The minimum atomic E-state index is -1.08. The van der Waals surface area contributed by atoms with Crippen LogP contribution in [0.1, 0.15) is 17.3 Å². The van der Waals surface area contributed by atoms with Crippen LogP contribution in [-0.4, -0.2) is 36.6 Å². The number of carbonyl (C=O) groups is 3. The Morgan fingerprint density at radius 1 is 1.29 bits per heavy atom. The van der Waals surface area contributed by atoms with E-state index in [2.05, 4.69) is 5.32 Å². The first kappa shape index (κ1) is 14.9. The molecule has 1 N–H and O–H groups in total. The van der Waals surface area contributed by atoms with E-state index in [1.165, 1.54) is 19.1 Å². The van der Waals surface area contributed by atoms with Crippen LogP contribution < -0.4 is 5.32 Å². The fourth-order valence-corrected chi connectivity index (χ4v) is 1.77. The zero-order valence-corrected chi connectivity index (χ0v) is 11.4. The topological polar surface area (TPSA) is 81.7 Å². The highest BCUT2D eigenvalue weighted by molar-refractivity contribution is 6.00. The molecule has 0 aromatic heterocycles. The summed E-state index contributed by atoms with van der Waals surface area (Å²) in [5, 5.41) is 2.50. The minimum absolute atomic E-state index is 0.00315. The molecule has 1 heterocycles. The van der Waals surface area contributed by atoms with Gasteiger partial charge in [-0.15, -0.1) is 0 Å². The molecular weight excluding hydrogens is 274 g/mol. The minimum Gasteiger partial charge on any atom is -0.463 e. The number of hydrogen-bond acceptors (Lipinski definition) is 5. The largest absolute Gasteiger partial charge is 0.463 e. The fraction of sp³-hybridized carbons (Fsp3) is 0.267. The Kier molecular flexibility index (Phi) is 4.84. The fourth-order valence-electron chi connectivity index (χ4n) is 1.77. The summed E-state index contributed by atoms with van der Waals surface area (Å²) in [7, 11) is 0. The number of ketones is 1. The number of hydrogen-bond donors (Lipinski definition) is 1. The molecule has 1 aliphatic rings. The number of benzene rings is 1. The molecule has 1 amide bonds. The molecule has 2 atom stereocenters. The van der Waals surface area contributed by atoms with E-state index in [0.29, 0.717) is 5.56 Å². The molecule has 6 nitrogen and oxygen atoms in total. The van der Waals surface area contributed by atoms with Crippen molar-refractivity contribution in [1.82, 2.24) is 5.32 Å². The van der Waals surface area contributed by atoms with Crippen molar-refractivity contribution in [2.45, 2.75) is 19.3 Å². The van der Waals surface area contributed by atoms with E-state index in [4.69, 9.17) is 9.47 Å². The number of rotatable bonds is 4. The second kappa shape index (κ2) is 6.81. The Balaban J connectivity index is 1.96. The molecular formula is C15H15NO5. The Morgan fingerprint density at radius 3 is 2.67 bits per heavy atom. The molecule has 1 aromatic carbocycles. The Bertz CT molecular complexity index is 567. The second-order valence-electron chi connectivity index (χ2n) is 4.46. The summed E-state index contributed by atoms with van der Waals surface area (Å²) >= 11 is 0. The smallest absolute Gasteiger partial charge is 0.302 e. The average molecular weight is 289 g/mol. The van der Waals surface area contributed by atoms with Crippen molar-refractivity contribution in [1.29, 1.82) is 0 Å². The third kappa shape index (κ3) is 4.25. The van der Waals surface area contributed by atoms with Crippen molar-refractivity contribution in [3.63, 3.8) is 0 Å². The van der Waals surface area contributed by atoms with Gasteiger partial charge in [0.25, 0.3) is 5.91 Å². The van der Waals surface area contributed by atoms with Crippen molar-refractivity contribution in [2.75, 3.05) is 6.61 Å². The molecule has 1 aliphatic heterocycles. The van der Waals surface area contributed by atoms with Gasteiger partial charge >= 0.3 is 5.97 Å². The van der Waals surface area contributed by atoms with Gasteiger partial charge in [0.15, 0.2) is 6.23 Å². The van der Waals surface area contributed by atoms with Crippen molar-refractivity contribution < 1.29 is 23.9 Å². The van der Waals surface area contributed by atoms with Gasteiger partial charge in [0, 0.05) is 12.5 Å². The van der Waals surface area contributed by atoms with Crippen molar-refractivity contribution in [3.8, 4) is 0 Å². The van der Waals surface area contributed by atoms with Crippen LogP contribution >= 0.6 is 0 Å². The lowest BCUT2D eigenvalue weighted by Gasteiger charge is -2.25. The summed E-state index contributed by atoms with van der Waals surface area (Å²) in [6, 6.07) is 8.50. The van der Waals surface area contributed by atoms with Crippen LogP contribution in [0.4, 0.5) is 0 Å². The normalized spacial score (nSPS) is 20.9. The summed E-state index contributed by atoms with van der Waals surface area (Å²) in [5.74, 6) is -1.21. The molecule has 0 saturated carbocycles. The lowest BCUT2D eigenvalue weighted by molar-refractivity contribution is -0.148. The highest BCUT2D eigenvalue weighted by Gasteiger charge is 2.27. The zero-order chi connectivity index (χ0) is 15.2. The summed E-state index contributed by atoms with van der Waals surface area (Å²) < 4.78 is 10.2. The lowest BCUT2D eigenvalue weighted by atomic mass is 10.1. The van der Waals surface area contributed by atoms with Gasteiger partial charge in [-0.3, -0.25) is 14.4 Å². The van der Waals surface area contributed by atoms with Crippen molar-refractivity contribution in [2.24, 2.45) is 0 Å². The monoisotopic (exact) mass is 289 g/mol. The van der Waals surface area contributed by atoms with E-state index in [9.17, 15) is 14.4 Å². The van der Waals surface area contributed by atoms with Crippen LogP contribution in [0.15, 0.2) is 42.5 Å². The number of esters is 1. The molecule has 0 unspecified atom stereocenters. The summed E-state index contributed by atoms with van der Waals surface area (Å²) in [6.07, 6.45) is 1.17. The first-order chi connectivity index (χ1) is 10.1. The quantitative estimate of drug-likeness (QED) is 0.830. The summed E-state index contributed by atoms with van der Waals surface area (Å²) in [4.78, 5) is 34.4. The molecule has 21 heavy (non-hydrogen) atoms. The van der Waals surface area contributed by atoms with Gasteiger partial charge in [-0.1, -0.05) is 18.2 Å². The number of nitrogens with one attached hydrogen (secondary N) is 1. The van der Waals surface area contributed by atoms with Crippen LogP contribution in [0, 0.1) is 0 Å². The van der Waals surface area contributed by atoms with E-state index in [1.807, 2.05) is 0 Å². The van der Waals surface area contributed by atoms with Crippen LogP contribution in [0.2, 0.25) is 0 Å². The highest BCUT2D eigenvalue weighted by Crippen LogP contribution is 2.09. The van der Waals surface area contributed by atoms with Crippen LogP contribution in [0.25, 0.3) is 0 Å². The predicted octanol–water partition coefficient (Wildman–Crippen LogP) is 0.830. The molecule has 6 heteroatoms. The first-order valence-corrected chi connectivity index (χ1v) is 6.43. The van der Waals surface area contributed by atoms with Crippen molar-refractivity contribution in [3.05, 3.63) is 48.0 Å². The first-order valence-electron chi connectivity index (χ1n) is 6.43. The molecule has 1 aromatic rings. The van der Waals surface area contributed by atoms with Crippen molar-refractivity contribution >= 4 is 17.7 Å². The standard InChI is InChI=1S/C15H15NO5/c1-10(17)20-9-12-7-8-13(18)15(21-12)16-14(19)11-5-3-2-4-6-11/h2-8,12,15H,9H2,1H3,(H,16,19)/t12-,15+/m0/s1. The van der Waals surface area contributed by atoms with E-state index in [-0.39, 0.29) is 12.4 Å². The molecule has 0 spiro atoms. The van der Waals surface area contributed by atoms with Crippen LogP contribution in [0.5, 0.6) is 0 Å². The molecule has 0 fully saturated rings. The number of amides is 1. The Hall–Kier alpha value is -2.47. The molecule has 0 bridgehead atoms. The summed E-state index contributed by atoms with van der Waals surface area (Å²) in [5.41, 5.74) is 0.431. The zero-order valence-electron chi connectivity index (χ0n) is 11.4. The van der Waals surface area contributed by atoms with Gasteiger partial charge in [-0.25, -0.2) is 0 Å². The van der Waals surface area contributed by atoms with E-state index >= 15 is 0 Å². The third-order valence-electron chi connectivity index (χ3n) is 2.79. The molecule has 110 valence electrons. The average Bonchev–Trinajstić information content (AvgIpc) is 2.48. The van der Waals surface area contributed by atoms with Gasteiger partial charge in [-0.2, -0.15) is 0 Å². The second-order valence-corrected chi connectivity index (χ2v) is 4.46. The highest BCUT2D eigenvalue weighted by atomic mass is 16.6. The number of ether oxygens (including phenoxy) is 2. The molecule has 2 rings (SSSR count). The Labute approximate surface area is 121 Å². The molecule has 0 saturated heterocycles. The summed E-state index contributed by atoms with van der Waals surface area (Å²) in [6.45, 7) is 1.28. The van der Waals surface area contributed by atoms with Crippen LogP contribution in [-0.2, 0) is 19.1 Å². The maximum atomic E-state index is 12.0. The van der Waals surface area contributed by atoms with Gasteiger partial charge in [0.2, 0.25) is 5.78 Å². The SMILES string of the molecule is CC(=O)OC[C@@H]1C=CC(=O)[C@H](NC(=O)c2ccccc2)O1. The van der Waals surface area contributed by atoms with Gasteiger partial charge in [-0.05, 0) is 24.3 Å². The van der Waals surface area contributed by atoms with E-state index < -0.39 is 24.2 Å². The molecule has 0 aliphatic carbocycles. The van der Waals surface area contributed by atoms with Gasteiger partial charge < -0.3 is 14.8 Å². The Morgan fingerprint density at radius 2 is 2.00 bits per heavy atom. The predicted molar refractivity (Wildman–Crippen MR) is 73.3 cm³/mol. The number of carbonyl (C=O) groups excluding carboxylic acids is 3. The molecule has 0 radical (unpaired) electrons. The lowest BCUT2D eigenvalue weighted by Crippen LogP contribution is -2.46. The van der Waals surface area contributed by atoms with Crippen LogP contribution in [0.3, 0.4) is 0 Å². The van der Waals surface area contributed by atoms with Gasteiger partial charge in [0.05, 0.1) is 0 Å².